The fourth-order valence-electron chi connectivity index (χ4n) is 2.59. The molecule has 1 N–H and O–H groups in total. The lowest BCUT2D eigenvalue weighted by molar-refractivity contribution is 0.324. The summed E-state index contributed by atoms with van der Waals surface area (Å²) in [5.74, 6) is 2.06. The number of para-hydroxylation sites is 2. The van der Waals surface area contributed by atoms with Crippen LogP contribution in [0.4, 0.5) is 0 Å². The zero-order valence-electron chi connectivity index (χ0n) is 14.2. The Morgan fingerprint density at radius 2 is 1.76 bits per heavy atom. The van der Waals surface area contributed by atoms with Gasteiger partial charge in [-0.25, -0.2) is 4.98 Å². The molecule has 0 bridgehead atoms. The maximum absolute atomic E-state index is 9.55. The minimum atomic E-state index is 0.408. The normalized spacial score (nSPS) is 11.2. The van der Waals surface area contributed by atoms with Crippen LogP contribution in [0.1, 0.15) is 11.4 Å². The molecule has 6 nitrogen and oxygen atoms in total. The maximum Gasteiger partial charge on any atom is 0.203 e. The average molecular weight is 335 g/mol. The summed E-state index contributed by atoms with van der Waals surface area (Å²) in [6.45, 7) is 0. The summed E-state index contributed by atoms with van der Waals surface area (Å²) in [7, 11) is 4.65. The molecule has 0 saturated carbocycles. The molecule has 0 atom stereocenters. The van der Waals surface area contributed by atoms with E-state index in [9.17, 15) is 5.26 Å². The van der Waals surface area contributed by atoms with Gasteiger partial charge in [-0.05, 0) is 35.9 Å². The largest absolute Gasteiger partial charge is 0.493 e. The number of H-pyrrole nitrogens is 1. The third-order valence-corrected chi connectivity index (χ3v) is 3.76. The van der Waals surface area contributed by atoms with Gasteiger partial charge in [-0.2, -0.15) is 5.26 Å². The fraction of sp³-hybridized carbons (Fsp3) is 0.158. The first-order chi connectivity index (χ1) is 12.2. The molecule has 0 spiro atoms. The van der Waals surface area contributed by atoms with E-state index in [2.05, 4.69) is 16.0 Å². The molecule has 0 aliphatic carbocycles. The number of nitriles is 1. The Hall–Kier alpha value is -3.46. The van der Waals surface area contributed by atoms with Crippen molar-refractivity contribution in [3.8, 4) is 23.3 Å². The van der Waals surface area contributed by atoms with Gasteiger partial charge in [-0.3, -0.25) is 0 Å². The quantitative estimate of drug-likeness (QED) is 0.720. The van der Waals surface area contributed by atoms with Crippen molar-refractivity contribution >= 4 is 22.7 Å². The van der Waals surface area contributed by atoms with E-state index >= 15 is 0 Å². The Labute approximate surface area is 145 Å². The van der Waals surface area contributed by atoms with Gasteiger partial charge in [0.15, 0.2) is 11.5 Å². The number of allylic oxidation sites excluding steroid dienone is 1. The van der Waals surface area contributed by atoms with Gasteiger partial charge in [0.05, 0.1) is 37.9 Å². The fourth-order valence-corrected chi connectivity index (χ4v) is 2.59. The number of imidazole rings is 1. The lowest BCUT2D eigenvalue weighted by Crippen LogP contribution is -1.96. The third kappa shape index (κ3) is 3.12. The molecule has 2 aromatic carbocycles. The van der Waals surface area contributed by atoms with E-state index < -0.39 is 0 Å². The molecular formula is C19H17N3O3. The van der Waals surface area contributed by atoms with E-state index in [-0.39, 0.29) is 0 Å². The van der Waals surface area contributed by atoms with E-state index in [0.717, 1.165) is 16.6 Å². The summed E-state index contributed by atoms with van der Waals surface area (Å²) in [4.78, 5) is 7.62. The smallest absolute Gasteiger partial charge is 0.203 e. The van der Waals surface area contributed by atoms with Gasteiger partial charge in [0.25, 0.3) is 0 Å². The van der Waals surface area contributed by atoms with Gasteiger partial charge in [0.1, 0.15) is 11.9 Å². The first-order valence-corrected chi connectivity index (χ1v) is 7.57. The van der Waals surface area contributed by atoms with Crippen LogP contribution in [-0.4, -0.2) is 31.3 Å². The molecule has 3 aromatic rings. The van der Waals surface area contributed by atoms with E-state index in [1.165, 1.54) is 0 Å². The Morgan fingerprint density at radius 1 is 1.08 bits per heavy atom. The number of nitrogens with one attached hydrogen (secondary N) is 1. The molecule has 0 aliphatic heterocycles. The predicted molar refractivity (Wildman–Crippen MR) is 95.7 cm³/mol. The first kappa shape index (κ1) is 16.4. The number of nitrogens with zero attached hydrogens (tertiary/aromatic N) is 2. The zero-order valence-corrected chi connectivity index (χ0v) is 14.2. The number of aromatic amines is 1. The SMILES string of the molecule is COc1cc(C=C(C#N)c2nc3ccccc3[nH]2)cc(OC)c1OC. The Kier molecular flexibility index (Phi) is 4.57. The second kappa shape index (κ2) is 6.97. The highest BCUT2D eigenvalue weighted by atomic mass is 16.5. The van der Waals surface area contributed by atoms with E-state index in [0.29, 0.717) is 28.6 Å². The second-order valence-electron chi connectivity index (χ2n) is 5.23. The Morgan fingerprint density at radius 3 is 2.32 bits per heavy atom. The highest BCUT2D eigenvalue weighted by Gasteiger charge is 2.14. The van der Waals surface area contributed by atoms with Crippen molar-refractivity contribution in [2.45, 2.75) is 0 Å². The van der Waals surface area contributed by atoms with Crippen molar-refractivity contribution in [3.05, 3.63) is 47.8 Å². The van der Waals surface area contributed by atoms with Gasteiger partial charge < -0.3 is 19.2 Å². The van der Waals surface area contributed by atoms with Crippen LogP contribution in [0.25, 0.3) is 22.7 Å². The summed E-state index contributed by atoms with van der Waals surface area (Å²) in [6.07, 6.45) is 1.72. The number of methoxy groups -OCH3 is 3. The van der Waals surface area contributed by atoms with Gasteiger partial charge >= 0.3 is 0 Å². The summed E-state index contributed by atoms with van der Waals surface area (Å²) in [5.41, 5.74) is 2.84. The molecule has 1 aromatic heterocycles. The number of hydrogen-bond donors (Lipinski definition) is 1. The second-order valence-corrected chi connectivity index (χ2v) is 5.23. The maximum atomic E-state index is 9.55. The molecule has 0 unspecified atom stereocenters. The minimum Gasteiger partial charge on any atom is -0.493 e. The number of fused-ring (bicyclic) bond motifs is 1. The topological polar surface area (TPSA) is 80.2 Å². The summed E-state index contributed by atoms with van der Waals surface area (Å²) >= 11 is 0. The van der Waals surface area contributed by atoms with Crippen LogP contribution in [0.3, 0.4) is 0 Å². The van der Waals surface area contributed by atoms with E-state index in [1.807, 2.05) is 24.3 Å². The van der Waals surface area contributed by atoms with Crippen LogP contribution < -0.4 is 14.2 Å². The molecule has 0 saturated heterocycles. The van der Waals surface area contributed by atoms with Crippen molar-refractivity contribution in [3.63, 3.8) is 0 Å². The van der Waals surface area contributed by atoms with E-state index in [4.69, 9.17) is 14.2 Å². The van der Waals surface area contributed by atoms with Crippen molar-refractivity contribution in [2.24, 2.45) is 0 Å². The average Bonchev–Trinajstić information content (AvgIpc) is 3.08. The van der Waals surface area contributed by atoms with Crippen molar-refractivity contribution in [2.75, 3.05) is 21.3 Å². The molecule has 3 rings (SSSR count). The summed E-state index contributed by atoms with van der Waals surface area (Å²) in [5, 5.41) is 9.55. The van der Waals surface area contributed by atoms with Gasteiger partial charge in [-0.15, -0.1) is 0 Å². The highest BCUT2D eigenvalue weighted by molar-refractivity contribution is 5.90. The van der Waals surface area contributed by atoms with Crippen LogP contribution in [0, 0.1) is 11.3 Å². The number of benzene rings is 2. The van der Waals surface area contributed by atoms with Gasteiger partial charge in [0.2, 0.25) is 5.75 Å². The summed E-state index contributed by atoms with van der Waals surface area (Å²) in [6, 6.07) is 13.4. The number of hydrogen-bond acceptors (Lipinski definition) is 5. The molecule has 6 heteroatoms. The monoisotopic (exact) mass is 335 g/mol. The molecule has 126 valence electrons. The predicted octanol–water partition coefficient (Wildman–Crippen LogP) is 3.65. The third-order valence-electron chi connectivity index (χ3n) is 3.76. The Balaban J connectivity index is 2.09. The molecular weight excluding hydrogens is 318 g/mol. The number of aromatic nitrogens is 2. The standard InChI is InChI=1S/C19H17N3O3/c1-23-16-9-12(10-17(24-2)18(16)25-3)8-13(11-20)19-21-14-6-4-5-7-15(14)22-19/h4-10H,1-3H3,(H,21,22). The molecule has 0 fully saturated rings. The molecule has 1 heterocycles. The molecule has 0 radical (unpaired) electrons. The first-order valence-electron chi connectivity index (χ1n) is 7.57. The van der Waals surface area contributed by atoms with Crippen LogP contribution in [0.2, 0.25) is 0 Å². The summed E-state index contributed by atoms with van der Waals surface area (Å²) < 4.78 is 16.0. The lowest BCUT2D eigenvalue weighted by atomic mass is 10.1. The van der Waals surface area contributed by atoms with Crippen molar-refractivity contribution in [1.29, 1.82) is 5.26 Å². The van der Waals surface area contributed by atoms with Gasteiger partial charge in [-0.1, -0.05) is 12.1 Å². The van der Waals surface area contributed by atoms with Crippen molar-refractivity contribution < 1.29 is 14.2 Å². The van der Waals surface area contributed by atoms with Crippen LogP contribution in [0.15, 0.2) is 36.4 Å². The number of rotatable bonds is 5. The zero-order chi connectivity index (χ0) is 17.8. The molecule has 0 aliphatic rings. The Bertz CT molecular complexity index is 925. The molecule has 25 heavy (non-hydrogen) atoms. The lowest BCUT2D eigenvalue weighted by Gasteiger charge is -2.13. The highest BCUT2D eigenvalue weighted by Crippen LogP contribution is 2.39. The van der Waals surface area contributed by atoms with Crippen LogP contribution >= 0.6 is 0 Å². The van der Waals surface area contributed by atoms with Crippen LogP contribution in [-0.2, 0) is 0 Å². The number of ether oxygens (including phenoxy) is 3. The van der Waals surface area contributed by atoms with E-state index in [1.54, 1.807) is 39.5 Å². The van der Waals surface area contributed by atoms with Crippen molar-refractivity contribution in [1.82, 2.24) is 9.97 Å². The minimum absolute atomic E-state index is 0.408. The van der Waals surface area contributed by atoms with Gasteiger partial charge in [0, 0.05) is 0 Å². The molecule has 0 amide bonds. The van der Waals surface area contributed by atoms with Crippen LogP contribution in [0.5, 0.6) is 17.2 Å².